The summed E-state index contributed by atoms with van der Waals surface area (Å²) in [7, 11) is 0. The second-order valence-corrected chi connectivity index (χ2v) is 3.62. The maximum Gasteiger partial charge on any atom is 0.303 e. The van der Waals surface area contributed by atoms with Gasteiger partial charge in [0.05, 0.1) is 12.2 Å². The molecule has 0 bridgehead atoms. The van der Waals surface area contributed by atoms with Gasteiger partial charge < -0.3 is 9.84 Å². The standard InChI is InChI=1S/C13H16O4/c1-2-11(14)10-6-3-4-7-12(10)17-9-5-8-13(15)16/h3-4,6-7H,2,5,8-9H2,1H3,(H,15,16). The number of carboxylic acid groups (broad SMARTS) is 1. The van der Waals surface area contributed by atoms with Crippen LogP contribution < -0.4 is 4.74 Å². The molecule has 0 fully saturated rings. The normalized spacial score (nSPS) is 9.94. The zero-order valence-electron chi connectivity index (χ0n) is 9.81. The van der Waals surface area contributed by atoms with Crippen molar-refractivity contribution < 1.29 is 19.4 Å². The fourth-order valence-electron chi connectivity index (χ4n) is 1.42. The van der Waals surface area contributed by atoms with Crippen molar-refractivity contribution in [3.05, 3.63) is 29.8 Å². The number of Topliss-reactive ketones (excluding diaryl/α,β-unsaturated/α-hetero) is 1. The number of hydrogen-bond donors (Lipinski definition) is 1. The van der Waals surface area contributed by atoms with Crippen LogP contribution in [0.5, 0.6) is 5.75 Å². The van der Waals surface area contributed by atoms with Crippen molar-refractivity contribution in [2.24, 2.45) is 0 Å². The van der Waals surface area contributed by atoms with E-state index in [2.05, 4.69) is 0 Å². The summed E-state index contributed by atoms with van der Waals surface area (Å²) in [5, 5.41) is 8.48. The van der Waals surface area contributed by atoms with E-state index in [1.807, 2.05) is 0 Å². The second kappa shape index (κ2) is 6.68. The number of ether oxygens (including phenoxy) is 1. The molecule has 17 heavy (non-hydrogen) atoms. The van der Waals surface area contributed by atoms with Crippen LogP contribution in [0, 0.1) is 0 Å². The lowest BCUT2D eigenvalue weighted by atomic mass is 10.1. The smallest absolute Gasteiger partial charge is 0.303 e. The number of hydrogen-bond acceptors (Lipinski definition) is 3. The second-order valence-electron chi connectivity index (χ2n) is 3.62. The molecule has 4 heteroatoms. The van der Waals surface area contributed by atoms with Gasteiger partial charge in [0.1, 0.15) is 5.75 Å². The summed E-state index contributed by atoms with van der Waals surface area (Å²) in [6.07, 6.45) is 0.934. The van der Waals surface area contributed by atoms with Crippen molar-refractivity contribution in [2.75, 3.05) is 6.61 Å². The molecule has 0 amide bonds. The van der Waals surface area contributed by atoms with Crippen LogP contribution in [0.1, 0.15) is 36.5 Å². The van der Waals surface area contributed by atoms with Crippen LogP contribution >= 0.6 is 0 Å². The molecule has 0 radical (unpaired) electrons. The molecule has 0 spiro atoms. The summed E-state index contributed by atoms with van der Waals surface area (Å²) in [5.74, 6) is -0.282. The molecule has 0 aliphatic heterocycles. The van der Waals surface area contributed by atoms with E-state index in [-0.39, 0.29) is 12.2 Å². The highest BCUT2D eigenvalue weighted by atomic mass is 16.5. The van der Waals surface area contributed by atoms with Crippen LogP contribution in [0.25, 0.3) is 0 Å². The Bertz CT molecular complexity index is 398. The Hall–Kier alpha value is -1.84. The maximum absolute atomic E-state index is 11.6. The molecule has 92 valence electrons. The van der Waals surface area contributed by atoms with Crippen LogP contribution in [0.2, 0.25) is 0 Å². The summed E-state index contributed by atoms with van der Waals surface area (Å²) in [6.45, 7) is 2.10. The van der Waals surface area contributed by atoms with Crippen LogP contribution in [0.3, 0.4) is 0 Å². The van der Waals surface area contributed by atoms with E-state index in [0.717, 1.165) is 0 Å². The van der Waals surface area contributed by atoms with Crippen molar-refractivity contribution in [2.45, 2.75) is 26.2 Å². The summed E-state index contributed by atoms with van der Waals surface area (Å²) in [5.41, 5.74) is 0.560. The number of carbonyl (C=O) groups is 2. The number of benzene rings is 1. The van der Waals surface area contributed by atoms with E-state index < -0.39 is 5.97 Å². The van der Waals surface area contributed by atoms with E-state index in [9.17, 15) is 9.59 Å². The van der Waals surface area contributed by atoms with Gasteiger partial charge in [0.2, 0.25) is 0 Å². The van der Waals surface area contributed by atoms with E-state index in [1.165, 1.54) is 0 Å². The van der Waals surface area contributed by atoms with Gasteiger partial charge in [-0.15, -0.1) is 0 Å². The van der Waals surface area contributed by atoms with E-state index in [0.29, 0.717) is 30.8 Å². The zero-order chi connectivity index (χ0) is 12.7. The van der Waals surface area contributed by atoms with E-state index >= 15 is 0 Å². The van der Waals surface area contributed by atoms with Crippen molar-refractivity contribution >= 4 is 11.8 Å². The number of rotatable bonds is 7. The minimum atomic E-state index is -0.841. The number of ketones is 1. The quantitative estimate of drug-likeness (QED) is 0.583. The molecule has 0 atom stereocenters. The fourth-order valence-corrected chi connectivity index (χ4v) is 1.42. The van der Waals surface area contributed by atoms with Crippen molar-refractivity contribution in [3.8, 4) is 5.75 Å². The first-order valence-corrected chi connectivity index (χ1v) is 5.62. The molecule has 0 saturated carbocycles. The van der Waals surface area contributed by atoms with Gasteiger partial charge in [-0.1, -0.05) is 19.1 Å². The molecule has 1 aromatic carbocycles. The molecule has 0 heterocycles. The van der Waals surface area contributed by atoms with Gasteiger partial charge in [0.25, 0.3) is 0 Å². The maximum atomic E-state index is 11.6. The molecule has 0 saturated heterocycles. The van der Waals surface area contributed by atoms with Crippen LogP contribution in [-0.4, -0.2) is 23.5 Å². The van der Waals surface area contributed by atoms with E-state index in [1.54, 1.807) is 31.2 Å². The largest absolute Gasteiger partial charge is 0.493 e. The van der Waals surface area contributed by atoms with Gasteiger partial charge >= 0.3 is 5.97 Å². The summed E-state index contributed by atoms with van der Waals surface area (Å²) in [6, 6.07) is 7.02. The van der Waals surface area contributed by atoms with Crippen molar-refractivity contribution in [1.29, 1.82) is 0 Å². The van der Waals surface area contributed by atoms with Gasteiger partial charge in [-0.25, -0.2) is 0 Å². The Kier molecular flexibility index (Phi) is 5.20. The minimum Gasteiger partial charge on any atom is -0.493 e. The highest BCUT2D eigenvalue weighted by molar-refractivity contribution is 5.98. The SMILES string of the molecule is CCC(=O)c1ccccc1OCCCC(=O)O. The third kappa shape index (κ3) is 4.26. The van der Waals surface area contributed by atoms with Crippen LogP contribution in [0.4, 0.5) is 0 Å². The average Bonchev–Trinajstić information content (AvgIpc) is 2.34. The van der Waals surface area contributed by atoms with Gasteiger partial charge in [0.15, 0.2) is 5.78 Å². The van der Waals surface area contributed by atoms with Crippen LogP contribution in [0.15, 0.2) is 24.3 Å². The molecule has 0 aliphatic carbocycles. The molecular weight excluding hydrogens is 220 g/mol. The Morgan fingerprint density at radius 2 is 2.00 bits per heavy atom. The summed E-state index contributed by atoms with van der Waals surface area (Å²) >= 11 is 0. The van der Waals surface area contributed by atoms with Crippen molar-refractivity contribution in [1.82, 2.24) is 0 Å². The Balaban J connectivity index is 2.58. The summed E-state index contributed by atoms with van der Waals surface area (Å²) in [4.78, 5) is 21.9. The lowest BCUT2D eigenvalue weighted by Crippen LogP contribution is -2.06. The van der Waals surface area contributed by atoms with Crippen molar-refractivity contribution in [3.63, 3.8) is 0 Å². The molecule has 1 N–H and O–H groups in total. The molecule has 1 rings (SSSR count). The average molecular weight is 236 g/mol. The Labute approximate surface area is 100 Å². The number of para-hydroxylation sites is 1. The minimum absolute atomic E-state index is 0.0267. The number of carboxylic acids is 1. The predicted octanol–water partition coefficient (Wildman–Crippen LogP) is 2.52. The molecular formula is C13H16O4. The van der Waals surface area contributed by atoms with Gasteiger partial charge in [-0.2, -0.15) is 0 Å². The fraction of sp³-hybridized carbons (Fsp3) is 0.385. The molecule has 0 unspecified atom stereocenters. The topological polar surface area (TPSA) is 63.6 Å². The van der Waals surface area contributed by atoms with Crippen LogP contribution in [-0.2, 0) is 4.79 Å². The number of aliphatic carboxylic acids is 1. The molecule has 4 nitrogen and oxygen atoms in total. The van der Waals surface area contributed by atoms with Gasteiger partial charge in [-0.3, -0.25) is 9.59 Å². The summed E-state index contributed by atoms with van der Waals surface area (Å²) < 4.78 is 5.43. The van der Waals surface area contributed by atoms with E-state index in [4.69, 9.17) is 9.84 Å². The zero-order valence-corrected chi connectivity index (χ0v) is 9.81. The molecule has 0 aromatic heterocycles. The monoisotopic (exact) mass is 236 g/mol. The first-order valence-electron chi connectivity index (χ1n) is 5.62. The van der Waals surface area contributed by atoms with Gasteiger partial charge in [-0.05, 0) is 18.6 Å². The Morgan fingerprint density at radius 1 is 1.29 bits per heavy atom. The lowest BCUT2D eigenvalue weighted by Gasteiger charge is -2.09. The first-order chi connectivity index (χ1) is 8.15. The highest BCUT2D eigenvalue weighted by Crippen LogP contribution is 2.19. The predicted molar refractivity (Wildman–Crippen MR) is 63.4 cm³/mol. The lowest BCUT2D eigenvalue weighted by molar-refractivity contribution is -0.137. The Morgan fingerprint density at radius 3 is 2.65 bits per heavy atom. The third-order valence-corrected chi connectivity index (χ3v) is 2.30. The van der Waals surface area contributed by atoms with Gasteiger partial charge in [0, 0.05) is 12.8 Å². The highest BCUT2D eigenvalue weighted by Gasteiger charge is 2.09. The molecule has 0 aliphatic rings. The number of carbonyl (C=O) groups excluding carboxylic acids is 1. The molecule has 1 aromatic rings. The third-order valence-electron chi connectivity index (χ3n) is 2.30. The first kappa shape index (κ1) is 13.2.